The Morgan fingerprint density at radius 2 is 1.88 bits per heavy atom. The lowest BCUT2D eigenvalue weighted by Gasteiger charge is -2.12. The zero-order chi connectivity index (χ0) is 17.8. The quantitative estimate of drug-likeness (QED) is 0.694. The number of carboxylic acid groups (broad SMARTS) is 1. The van der Waals surface area contributed by atoms with Gasteiger partial charge < -0.3 is 15.2 Å². The highest BCUT2D eigenvalue weighted by molar-refractivity contribution is 6.09. The lowest BCUT2D eigenvalue weighted by Crippen LogP contribution is -2.04. The van der Waals surface area contributed by atoms with Crippen LogP contribution in [0.5, 0.6) is 0 Å². The van der Waals surface area contributed by atoms with Crippen LogP contribution in [0.25, 0.3) is 10.8 Å². The molecule has 6 heteroatoms. The molecule has 0 aliphatic heterocycles. The van der Waals surface area contributed by atoms with Crippen molar-refractivity contribution in [3.8, 4) is 0 Å². The van der Waals surface area contributed by atoms with E-state index in [9.17, 15) is 9.59 Å². The van der Waals surface area contributed by atoms with E-state index in [2.05, 4.69) is 10.3 Å². The van der Waals surface area contributed by atoms with E-state index < -0.39 is 11.9 Å². The highest BCUT2D eigenvalue weighted by atomic mass is 16.5. The van der Waals surface area contributed by atoms with Gasteiger partial charge in [0.25, 0.3) is 0 Å². The number of nitrogens with zero attached hydrogens (tertiary/aromatic N) is 1. The van der Waals surface area contributed by atoms with E-state index in [1.807, 2.05) is 12.1 Å². The van der Waals surface area contributed by atoms with E-state index in [4.69, 9.17) is 9.84 Å². The minimum Gasteiger partial charge on any atom is -0.481 e. The van der Waals surface area contributed by atoms with Crippen LogP contribution in [0.3, 0.4) is 0 Å². The minimum absolute atomic E-state index is 0.0285. The Labute approximate surface area is 144 Å². The summed E-state index contributed by atoms with van der Waals surface area (Å²) in [6, 6.07) is 14.2. The molecular formula is C19H16N2O4. The van der Waals surface area contributed by atoms with E-state index in [0.717, 1.165) is 11.1 Å². The number of anilines is 2. The summed E-state index contributed by atoms with van der Waals surface area (Å²) in [5.41, 5.74) is 1.88. The Morgan fingerprint density at radius 1 is 1.12 bits per heavy atom. The summed E-state index contributed by atoms with van der Waals surface area (Å²) < 4.78 is 4.85. The zero-order valence-corrected chi connectivity index (χ0v) is 13.5. The molecule has 25 heavy (non-hydrogen) atoms. The second kappa shape index (κ2) is 7.00. The van der Waals surface area contributed by atoms with Crippen molar-refractivity contribution in [1.29, 1.82) is 0 Å². The van der Waals surface area contributed by atoms with Gasteiger partial charge in [0.05, 0.1) is 19.1 Å². The zero-order valence-electron chi connectivity index (χ0n) is 13.5. The Hall–Kier alpha value is -3.41. The number of hydrogen-bond donors (Lipinski definition) is 2. The fraction of sp³-hybridized carbons (Fsp3) is 0.105. The van der Waals surface area contributed by atoms with Gasteiger partial charge in [-0.25, -0.2) is 9.78 Å². The molecule has 0 bridgehead atoms. The molecular weight excluding hydrogens is 320 g/mol. The van der Waals surface area contributed by atoms with Gasteiger partial charge in [0.2, 0.25) is 0 Å². The molecule has 2 aromatic carbocycles. The predicted molar refractivity (Wildman–Crippen MR) is 94.1 cm³/mol. The summed E-state index contributed by atoms with van der Waals surface area (Å²) in [6.45, 7) is 0. The van der Waals surface area contributed by atoms with Crippen molar-refractivity contribution >= 4 is 34.2 Å². The monoisotopic (exact) mass is 336 g/mol. The lowest BCUT2D eigenvalue weighted by molar-refractivity contribution is -0.136. The molecule has 0 saturated carbocycles. The molecule has 0 amide bonds. The number of ether oxygens (including phenoxy) is 1. The first-order valence-electron chi connectivity index (χ1n) is 7.62. The Kier molecular flexibility index (Phi) is 4.61. The van der Waals surface area contributed by atoms with Gasteiger partial charge in [-0.1, -0.05) is 24.3 Å². The van der Waals surface area contributed by atoms with Crippen molar-refractivity contribution in [2.75, 3.05) is 12.4 Å². The van der Waals surface area contributed by atoms with Crippen molar-refractivity contribution in [3.63, 3.8) is 0 Å². The van der Waals surface area contributed by atoms with Gasteiger partial charge in [0.15, 0.2) is 0 Å². The first kappa shape index (κ1) is 16.4. The Morgan fingerprint density at radius 3 is 2.56 bits per heavy atom. The second-order valence-corrected chi connectivity index (χ2v) is 5.45. The molecule has 3 rings (SSSR count). The van der Waals surface area contributed by atoms with Crippen molar-refractivity contribution in [2.45, 2.75) is 6.42 Å². The number of nitrogens with one attached hydrogen (secondary N) is 1. The number of aliphatic carboxylic acids is 1. The Balaban J connectivity index is 1.98. The van der Waals surface area contributed by atoms with Crippen LogP contribution in [0.2, 0.25) is 0 Å². The average molecular weight is 336 g/mol. The van der Waals surface area contributed by atoms with Gasteiger partial charge in [-0.3, -0.25) is 4.79 Å². The van der Waals surface area contributed by atoms with Crippen LogP contribution >= 0.6 is 0 Å². The number of benzene rings is 2. The summed E-state index contributed by atoms with van der Waals surface area (Å²) in [5, 5.41) is 13.5. The third kappa shape index (κ3) is 3.58. The number of rotatable bonds is 5. The number of methoxy groups -OCH3 is 1. The maximum atomic E-state index is 12.0. The van der Waals surface area contributed by atoms with Crippen LogP contribution in [0.4, 0.5) is 11.5 Å². The first-order valence-corrected chi connectivity index (χ1v) is 7.62. The molecule has 2 N–H and O–H groups in total. The van der Waals surface area contributed by atoms with Crippen LogP contribution in [-0.4, -0.2) is 29.1 Å². The van der Waals surface area contributed by atoms with E-state index in [1.54, 1.807) is 42.6 Å². The van der Waals surface area contributed by atoms with E-state index in [0.29, 0.717) is 22.3 Å². The van der Waals surface area contributed by atoms with Crippen LogP contribution in [0, 0.1) is 0 Å². The highest BCUT2D eigenvalue weighted by Crippen LogP contribution is 2.28. The average Bonchev–Trinajstić information content (AvgIpc) is 2.62. The van der Waals surface area contributed by atoms with E-state index in [1.165, 1.54) is 7.11 Å². The number of esters is 1. The number of pyridine rings is 1. The second-order valence-electron chi connectivity index (χ2n) is 5.45. The summed E-state index contributed by atoms with van der Waals surface area (Å²) in [7, 11) is 1.34. The largest absolute Gasteiger partial charge is 0.481 e. The maximum Gasteiger partial charge on any atom is 0.338 e. The van der Waals surface area contributed by atoms with Gasteiger partial charge in [-0.05, 0) is 35.2 Å². The fourth-order valence-corrected chi connectivity index (χ4v) is 2.62. The third-order valence-corrected chi connectivity index (χ3v) is 3.77. The fourth-order valence-electron chi connectivity index (χ4n) is 2.62. The van der Waals surface area contributed by atoms with Gasteiger partial charge >= 0.3 is 11.9 Å². The van der Waals surface area contributed by atoms with Crippen LogP contribution in [0.1, 0.15) is 15.9 Å². The van der Waals surface area contributed by atoms with Crippen molar-refractivity contribution in [1.82, 2.24) is 4.98 Å². The van der Waals surface area contributed by atoms with Crippen LogP contribution in [0.15, 0.2) is 54.7 Å². The van der Waals surface area contributed by atoms with E-state index >= 15 is 0 Å². The van der Waals surface area contributed by atoms with Gasteiger partial charge in [-0.2, -0.15) is 0 Å². The molecule has 0 aliphatic rings. The molecule has 0 atom stereocenters. The molecule has 0 aliphatic carbocycles. The normalized spacial score (nSPS) is 10.4. The lowest BCUT2D eigenvalue weighted by atomic mass is 10.1. The molecule has 0 fully saturated rings. The molecule has 126 valence electrons. The number of carboxylic acids is 1. The van der Waals surface area contributed by atoms with Crippen LogP contribution in [-0.2, 0) is 16.0 Å². The smallest absolute Gasteiger partial charge is 0.338 e. The summed E-state index contributed by atoms with van der Waals surface area (Å²) in [5.74, 6) is -0.776. The first-order chi connectivity index (χ1) is 12.1. The van der Waals surface area contributed by atoms with Crippen molar-refractivity contribution in [2.24, 2.45) is 0 Å². The molecule has 1 heterocycles. The number of carbonyl (C=O) groups excluding carboxylic acids is 1. The summed E-state index contributed by atoms with van der Waals surface area (Å²) in [4.78, 5) is 27.1. The van der Waals surface area contributed by atoms with Crippen molar-refractivity contribution in [3.05, 3.63) is 65.9 Å². The standard InChI is InChI=1S/C19H16N2O4/c1-25-19(24)15-4-2-3-13-9-10-20-18(17(13)15)21-14-7-5-12(6-8-14)11-16(22)23/h2-10H,11H2,1H3,(H,20,21)(H,22,23). The molecule has 0 saturated heterocycles. The van der Waals surface area contributed by atoms with Gasteiger partial charge in [-0.15, -0.1) is 0 Å². The summed E-state index contributed by atoms with van der Waals surface area (Å²) in [6.07, 6.45) is 1.63. The number of fused-ring (bicyclic) bond motifs is 1. The van der Waals surface area contributed by atoms with Crippen molar-refractivity contribution < 1.29 is 19.4 Å². The SMILES string of the molecule is COC(=O)c1cccc2ccnc(Nc3ccc(CC(=O)O)cc3)c12. The maximum absolute atomic E-state index is 12.0. The predicted octanol–water partition coefficient (Wildman–Crippen LogP) is 3.39. The molecule has 6 nitrogen and oxygen atoms in total. The van der Waals surface area contributed by atoms with Gasteiger partial charge in [0, 0.05) is 17.3 Å². The summed E-state index contributed by atoms with van der Waals surface area (Å²) >= 11 is 0. The Bertz CT molecular complexity index is 931. The topological polar surface area (TPSA) is 88.5 Å². The number of aromatic nitrogens is 1. The number of carbonyl (C=O) groups is 2. The highest BCUT2D eigenvalue weighted by Gasteiger charge is 2.14. The van der Waals surface area contributed by atoms with Gasteiger partial charge in [0.1, 0.15) is 5.82 Å². The molecule has 0 radical (unpaired) electrons. The molecule has 0 unspecified atom stereocenters. The third-order valence-electron chi connectivity index (χ3n) is 3.77. The minimum atomic E-state index is -0.876. The van der Waals surface area contributed by atoms with E-state index in [-0.39, 0.29) is 6.42 Å². The number of hydrogen-bond acceptors (Lipinski definition) is 5. The molecule has 3 aromatic rings. The van der Waals surface area contributed by atoms with Crippen LogP contribution < -0.4 is 5.32 Å². The molecule has 0 spiro atoms. The molecule has 1 aromatic heterocycles.